The Morgan fingerprint density at radius 3 is 2.75 bits per heavy atom. The van der Waals surface area contributed by atoms with E-state index < -0.39 is 0 Å². The van der Waals surface area contributed by atoms with Crippen LogP contribution >= 0.6 is 15.9 Å². The van der Waals surface area contributed by atoms with E-state index >= 15 is 0 Å². The molecule has 2 aromatic rings. The van der Waals surface area contributed by atoms with Crippen molar-refractivity contribution >= 4 is 15.9 Å². The van der Waals surface area contributed by atoms with Gasteiger partial charge in [0.2, 0.25) is 0 Å². The lowest BCUT2D eigenvalue weighted by Gasteiger charge is -2.02. The molecule has 16 heavy (non-hydrogen) atoms. The van der Waals surface area contributed by atoms with Crippen molar-refractivity contribution in [2.45, 2.75) is 6.92 Å². The molecule has 0 aliphatic carbocycles. The van der Waals surface area contributed by atoms with Crippen molar-refractivity contribution in [3.8, 4) is 17.5 Å². The summed E-state index contributed by atoms with van der Waals surface area (Å²) in [4.78, 5) is 4.35. The molecule has 0 bridgehead atoms. The van der Waals surface area contributed by atoms with Crippen molar-refractivity contribution in [1.29, 1.82) is 5.26 Å². The number of aryl methyl sites for hydroxylation is 1. The Bertz CT molecular complexity index is 578. The number of aromatic nitrogens is 2. The molecule has 0 fully saturated rings. The van der Waals surface area contributed by atoms with Crippen LogP contribution in [0.25, 0.3) is 11.4 Å². The van der Waals surface area contributed by atoms with Gasteiger partial charge in [-0.2, -0.15) is 5.26 Å². The summed E-state index contributed by atoms with van der Waals surface area (Å²) in [5.74, 6) is 0.798. The van der Waals surface area contributed by atoms with E-state index in [2.05, 4.69) is 33.0 Å². The standard InChI is InChI=1S/C12H10BrN3/c1-8-4-3-5-9(6-8)12-15-11(13)10(7-14)16(12)2/h3-6H,1-2H3. The van der Waals surface area contributed by atoms with Crippen molar-refractivity contribution in [2.24, 2.45) is 7.05 Å². The quantitative estimate of drug-likeness (QED) is 0.803. The molecular weight excluding hydrogens is 266 g/mol. The molecule has 0 radical (unpaired) electrons. The number of imidazole rings is 1. The van der Waals surface area contributed by atoms with Crippen molar-refractivity contribution in [3.05, 3.63) is 40.1 Å². The highest BCUT2D eigenvalue weighted by atomic mass is 79.9. The molecule has 0 amide bonds. The third kappa shape index (κ3) is 1.74. The fourth-order valence-corrected chi connectivity index (χ4v) is 2.15. The van der Waals surface area contributed by atoms with Crippen LogP contribution in [-0.2, 0) is 7.05 Å². The number of halogens is 1. The van der Waals surface area contributed by atoms with Gasteiger partial charge in [-0.15, -0.1) is 0 Å². The molecule has 1 heterocycles. The largest absolute Gasteiger partial charge is 0.318 e. The van der Waals surface area contributed by atoms with Gasteiger partial charge in [-0.1, -0.05) is 23.8 Å². The molecule has 4 heteroatoms. The minimum absolute atomic E-state index is 0.538. The topological polar surface area (TPSA) is 41.6 Å². The first kappa shape index (κ1) is 10.9. The van der Waals surface area contributed by atoms with Crippen LogP contribution in [0.15, 0.2) is 28.9 Å². The fraction of sp³-hybridized carbons (Fsp3) is 0.167. The van der Waals surface area contributed by atoms with Crippen LogP contribution in [0.1, 0.15) is 11.3 Å². The molecule has 0 atom stereocenters. The van der Waals surface area contributed by atoms with Crippen molar-refractivity contribution < 1.29 is 0 Å². The van der Waals surface area contributed by atoms with E-state index in [-0.39, 0.29) is 0 Å². The van der Waals surface area contributed by atoms with E-state index in [1.54, 1.807) is 4.57 Å². The Morgan fingerprint density at radius 2 is 2.19 bits per heavy atom. The predicted octanol–water partition coefficient (Wildman–Crippen LogP) is 3.03. The Hall–Kier alpha value is -1.60. The van der Waals surface area contributed by atoms with E-state index in [1.165, 1.54) is 5.56 Å². The summed E-state index contributed by atoms with van der Waals surface area (Å²) < 4.78 is 2.38. The molecule has 1 aromatic heterocycles. The van der Waals surface area contributed by atoms with Gasteiger partial charge in [-0.3, -0.25) is 0 Å². The van der Waals surface area contributed by atoms with Crippen LogP contribution in [0, 0.1) is 18.3 Å². The minimum Gasteiger partial charge on any atom is -0.318 e. The van der Waals surface area contributed by atoms with Gasteiger partial charge in [-0.05, 0) is 28.9 Å². The molecule has 0 aliphatic rings. The molecule has 3 nitrogen and oxygen atoms in total. The first-order valence-corrected chi connectivity index (χ1v) is 5.62. The number of nitriles is 1. The highest BCUT2D eigenvalue weighted by molar-refractivity contribution is 9.10. The monoisotopic (exact) mass is 275 g/mol. The Morgan fingerprint density at radius 1 is 1.44 bits per heavy atom. The minimum atomic E-state index is 0.538. The van der Waals surface area contributed by atoms with Gasteiger partial charge < -0.3 is 4.57 Å². The molecule has 0 N–H and O–H groups in total. The van der Waals surface area contributed by atoms with Crippen LogP contribution in [0.3, 0.4) is 0 Å². The Labute approximate surface area is 102 Å². The van der Waals surface area contributed by atoms with Gasteiger partial charge in [0.05, 0.1) is 0 Å². The molecular formula is C12H10BrN3. The molecule has 0 aliphatic heterocycles. The molecule has 2 rings (SSSR count). The lowest BCUT2D eigenvalue weighted by molar-refractivity contribution is 0.906. The summed E-state index contributed by atoms with van der Waals surface area (Å²) in [6, 6.07) is 10.2. The lowest BCUT2D eigenvalue weighted by atomic mass is 10.1. The molecule has 0 saturated carbocycles. The average Bonchev–Trinajstić information content (AvgIpc) is 2.54. The first-order valence-electron chi connectivity index (χ1n) is 4.83. The maximum absolute atomic E-state index is 8.97. The van der Waals surface area contributed by atoms with Gasteiger partial charge in [0, 0.05) is 12.6 Å². The van der Waals surface area contributed by atoms with E-state index in [0.29, 0.717) is 10.3 Å². The van der Waals surface area contributed by atoms with Gasteiger partial charge >= 0.3 is 0 Å². The lowest BCUT2D eigenvalue weighted by Crippen LogP contribution is -1.95. The second kappa shape index (κ2) is 4.11. The summed E-state index contributed by atoms with van der Waals surface area (Å²) in [5, 5.41) is 8.97. The van der Waals surface area contributed by atoms with E-state index in [0.717, 1.165) is 11.4 Å². The molecule has 1 aromatic carbocycles. The average molecular weight is 276 g/mol. The summed E-state index contributed by atoms with van der Waals surface area (Å²) in [7, 11) is 1.84. The zero-order chi connectivity index (χ0) is 11.7. The third-order valence-electron chi connectivity index (χ3n) is 2.43. The third-order valence-corrected chi connectivity index (χ3v) is 2.99. The van der Waals surface area contributed by atoms with Crippen molar-refractivity contribution in [2.75, 3.05) is 0 Å². The highest BCUT2D eigenvalue weighted by Crippen LogP contribution is 2.24. The van der Waals surface area contributed by atoms with Crippen LogP contribution in [-0.4, -0.2) is 9.55 Å². The molecule has 0 saturated heterocycles. The maximum atomic E-state index is 8.97. The Kier molecular flexibility index (Phi) is 2.80. The van der Waals surface area contributed by atoms with Gasteiger partial charge in [0.25, 0.3) is 0 Å². The summed E-state index contributed by atoms with van der Waals surface area (Å²) in [6.07, 6.45) is 0. The highest BCUT2D eigenvalue weighted by Gasteiger charge is 2.13. The van der Waals surface area contributed by atoms with Gasteiger partial charge in [-0.25, -0.2) is 4.98 Å². The predicted molar refractivity (Wildman–Crippen MR) is 65.8 cm³/mol. The Balaban J connectivity index is 2.62. The number of hydrogen-bond acceptors (Lipinski definition) is 2. The van der Waals surface area contributed by atoms with Crippen molar-refractivity contribution in [3.63, 3.8) is 0 Å². The van der Waals surface area contributed by atoms with Crippen LogP contribution in [0.4, 0.5) is 0 Å². The van der Waals surface area contributed by atoms with E-state index in [1.807, 2.05) is 32.2 Å². The van der Waals surface area contributed by atoms with E-state index in [4.69, 9.17) is 5.26 Å². The molecule has 0 spiro atoms. The second-order valence-corrected chi connectivity index (χ2v) is 4.37. The van der Waals surface area contributed by atoms with E-state index in [9.17, 15) is 0 Å². The molecule has 80 valence electrons. The number of benzene rings is 1. The fourth-order valence-electron chi connectivity index (χ4n) is 1.63. The number of hydrogen-bond donors (Lipinski definition) is 0. The van der Waals surface area contributed by atoms with Gasteiger partial charge in [0.1, 0.15) is 16.5 Å². The number of rotatable bonds is 1. The zero-order valence-corrected chi connectivity index (χ0v) is 10.6. The zero-order valence-electron chi connectivity index (χ0n) is 9.03. The van der Waals surface area contributed by atoms with Crippen LogP contribution in [0.5, 0.6) is 0 Å². The van der Waals surface area contributed by atoms with Gasteiger partial charge in [0.15, 0.2) is 5.69 Å². The first-order chi connectivity index (χ1) is 7.63. The van der Waals surface area contributed by atoms with Crippen LogP contribution in [0.2, 0.25) is 0 Å². The maximum Gasteiger partial charge on any atom is 0.154 e. The number of nitrogens with zero attached hydrogens (tertiary/aromatic N) is 3. The second-order valence-electron chi connectivity index (χ2n) is 3.62. The smallest absolute Gasteiger partial charge is 0.154 e. The van der Waals surface area contributed by atoms with Crippen LogP contribution < -0.4 is 0 Å². The summed E-state index contributed by atoms with van der Waals surface area (Å²) in [6.45, 7) is 2.03. The SMILES string of the molecule is Cc1cccc(-c2nc(Br)c(C#N)n2C)c1. The summed E-state index contributed by atoms with van der Waals surface area (Å²) >= 11 is 3.29. The van der Waals surface area contributed by atoms with Crippen molar-refractivity contribution in [1.82, 2.24) is 9.55 Å². The normalized spacial score (nSPS) is 10.1. The molecule has 0 unspecified atom stereocenters. The summed E-state index contributed by atoms with van der Waals surface area (Å²) in [5.41, 5.74) is 2.73.